The second-order valence-electron chi connectivity index (χ2n) is 4.75. The van der Waals surface area contributed by atoms with Crippen molar-refractivity contribution in [1.82, 2.24) is 4.98 Å². The van der Waals surface area contributed by atoms with E-state index in [1.54, 1.807) is 12.1 Å². The van der Waals surface area contributed by atoms with E-state index < -0.39 is 5.97 Å². The SMILES string of the molecule is O=C(O)c1ccc(OCc2nc(-c3ccc(Br)cc3)cs2)cc1. The van der Waals surface area contributed by atoms with Gasteiger partial charge < -0.3 is 9.84 Å². The molecule has 4 nitrogen and oxygen atoms in total. The van der Waals surface area contributed by atoms with Crippen molar-refractivity contribution in [3.05, 3.63) is 69.0 Å². The maximum absolute atomic E-state index is 10.8. The number of nitrogens with zero attached hydrogens (tertiary/aromatic N) is 1. The molecule has 116 valence electrons. The molecule has 0 atom stereocenters. The summed E-state index contributed by atoms with van der Waals surface area (Å²) >= 11 is 4.95. The molecule has 3 rings (SSSR count). The molecule has 0 saturated heterocycles. The van der Waals surface area contributed by atoms with Gasteiger partial charge in [-0.15, -0.1) is 11.3 Å². The van der Waals surface area contributed by atoms with Gasteiger partial charge in [-0.25, -0.2) is 9.78 Å². The fraction of sp³-hybridized carbons (Fsp3) is 0.0588. The van der Waals surface area contributed by atoms with Gasteiger partial charge in [-0.05, 0) is 36.4 Å². The normalized spacial score (nSPS) is 10.5. The number of hydrogen-bond acceptors (Lipinski definition) is 4. The highest BCUT2D eigenvalue weighted by molar-refractivity contribution is 9.10. The Morgan fingerprint density at radius 2 is 1.83 bits per heavy atom. The van der Waals surface area contributed by atoms with Crippen LogP contribution in [0, 0.1) is 0 Å². The van der Waals surface area contributed by atoms with Crippen molar-refractivity contribution >= 4 is 33.2 Å². The number of halogens is 1. The van der Waals surface area contributed by atoms with Crippen molar-refractivity contribution in [2.75, 3.05) is 0 Å². The number of rotatable bonds is 5. The molecule has 0 unspecified atom stereocenters. The molecular formula is C17H12BrNO3S. The van der Waals surface area contributed by atoms with E-state index >= 15 is 0 Å². The third kappa shape index (κ3) is 3.97. The summed E-state index contributed by atoms with van der Waals surface area (Å²) < 4.78 is 6.67. The van der Waals surface area contributed by atoms with Crippen LogP contribution in [0.3, 0.4) is 0 Å². The molecule has 2 aromatic carbocycles. The molecule has 6 heteroatoms. The summed E-state index contributed by atoms with van der Waals surface area (Å²) in [6.45, 7) is 0.355. The van der Waals surface area contributed by atoms with E-state index in [1.807, 2.05) is 29.6 Å². The lowest BCUT2D eigenvalue weighted by atomic mass is 10.2. The van der Waals surface area contributed by atoms with Crippen LogP contribution in [-0.2, 0) is 6.61 Å². The third-order valence-electron chi connectivity index (χ3n) is 3.16. The molecule has 0 saturated carbocycles. The minimum absolute atomic E-state index is 0.240. The smallest absolute Gasteiger partial charge is 0.335 e. The number of thiazole rings is 1. The second kappa shape index (κ2) is 6.93. The summed E-state index contributed by atoms with van der Waals surface area (Å²) in [5, 5.41) is 11.7. The number of hydrogen-bond donors (Lipinski definition) is 1. The molecule has 1 N–H and O–H groups in total. The van der Waals surface area contributed by atoms with Crippen molar-refractivity contribution in [3.8, 4) is 17.0 Å². The Kier molecular flexibility index (Phi) is 4.73. The number of ether oxygens (including phenoxy) is 1. The quantitative estimate of drug-likeness (QED) is 0.677. The van der Waals surface area contributed by atoms with Crippen molar-refractivity contribution in [1.29, 1.82) is 0 Å². The lowest BCUT2D eigenvalue weighted by molar-refractivity contribution is 0.0697. The lowest BCUT2D eigenvalue weighted by Crippen LogP contribution is -1.97. The molecule has 0 aliphatic carbocycles. The molecule has 23 heavy (non-hydrogen) atoms. The van der Waals surface area contributed by atoms with E-state index in [0.717, 1.165) is 20.7 Å². The fourth-order valence-corrected chi connectivity index (χ4v) is 2.95. The number of aromatic nitrogens is 1. The van der Waals surface area contributed by atoms with Crippen LogP contribution in [-0.4, -0.2) is 16.1 Å². The van der Waals surface area contributed by atoms with Crippen molar-refractivity contribution in [2.24, 2.45) is 0 Å². The van der Waals surface area contributed by atoms with E-state index in [0.29, 0.717) is 12.4 Å². The van der Waals surface area contributed by atoms with Crippen LogP contribution in [0.25, 0.3) is 11.3 Å². The predicted molar refractivity (Wildman–Crippen MR) is 93.0 cm³/mol. The van der Waals surface area contributed by atoms with E-state index in [9.17, 15) is 4.79 Å². The molecule has 1 heterocycles. The van der Waals surface area contributed by atoms with Crippen LogP contribution >= 0.6 is 27.3 Å². The first-order valence-corrected chi connectivity index (χ1v) is 8.45. The van der Waals surface area contributed by atoms with Crippen LogP contribution in [0.4, 0.5) is 0 Å². The topological polar surface area (TPSA) is 59.4 Å². The highest BCUT2D eigenvalue weighted by atomic mass is 79.9. The van der Waals surface area contributed by atoms with Crippen molar-refractivity contribution in [3.63, 3.8) is 0 Å². The van der Waals surface area contributed by atoms with Gasteiger partial charge in [0.25, 0.3) is 0 Å². The van der Waals surface area contributed by atoms with Crippen molar-refractivity contribution < 1.29 is 14.6 Å². The zero-order valence-electron chi connectivity index (χ0n) is 11.9. The Morgan fingerprint density at radius 3 is 2.48 bits per heavy atom. The number of carboxylic acid groups (broad SMARTS) is 1. The van der Waals surface area contributed by atoms with Gasteiger partial charge in [-0.3, -0.25) is 0 Å². The molecule has 0 aliphatic rings. The molecule has 0 amide bonds. The van der Waals surface area contributed by atoms with Crippen LogP contribution in [0.5, 0.6) is 5.75 Å². The molecule has 1 aromatic heterocycles. The number of carbonyl (C=O) groups is 1. The Balaban J connectivity index is 1.65. The van der Waals surface area contributed by atoms with Crippen LogP contribution in [0.2, 0.25) is 0 Å². The Morgan fingerprint density at radius 1 is 1.13 bits per heavy atom. The average Bonchev–Trinajstić information content (AvgIpc) is 3.03. The summed E-state index contributed by atoms with van der Waals surface area (Å²) in [5.74, 6) is -0.328. The molecule has 0 aliphatic heterocycles. The standard InChI is InChI=1S/C17H12BrNO3S/c18-13-5-1-11(2-6-13)15-10-23-16(19-15)9-22-14-7-3-12(4-8-14)17(20)21/h1-8,10H,9H2,(H,20,21). The number of carboxylic acids is 1. The predicted octanol–water partition coefficient (Wildman–Crippen LogP) is 4.85. The van der Waals surface area contributed by atoms with Gasteiger partial charge in [-0.1, -0.05) is 28.1 Å². The summed E-state index contributed by atoms with van der Waals surface area (Å²) in [5.41, 5.74) is 2.22. The maximum atomic E-state index is 10.8. The first-order chi connectivity index (χ1) is 11.1. The van der Waals surface area contributed by atoms with Gasteiger partial charge >= 0.3 is 5.97 Å². The van der Waals surface area contributed by atoms with Crippen molar-refractivity contribution in [2.45, 2.75) is 6.61 Å². The molecule has 0 spiro atoms. The van der Waals surface area contributed by atoms with Gasteiger partial charge in [-0.2, -0.15) is 0 Å². The molecule has 0 bridgehead atoms. The van der Waals surface area contributed by atoms with Gasteiger partial charge in [0, 0.05) is 15.4 Å². The minimum Gasteiger partial charge on any atom is -0.486 e. The molecule has 3 aromatic rings. The van der Waals surface area contributed by atoms with Gasteiger partial charge in [0.15, 0.2) is 0 Å². The van der Waals surface area contributed by atoms with E-state index in [2.05, 4.69) is 20.9 Å². The minimum atomic E-state index is -0.949. The average molecular weight is 390 g/mol. The summed E-state index contributed by atoms with van der Waals surface area (Å²) in [6.07, 6.45) is 0. The van der Waals surface area contributed by atoms with Crippen LogP contribution < -0.4 is 4.74 Å². The zero-order valence-corrected chi connectivity index (χ0v) is 14.3. The first-order valence-electron chi connectivity index (χ1n) is 6.78. The lowest BCUT2D eigenvalue weighted by Gasteiger charge is -2.04. The van der Waals surface area contributed by atoms with E-state index in [1.165, 1.54) is 23.5 Å². The molecule has 0 radical (unpaired) electrons. The molecule has 0 fully saturated rings. The Hall–Kier alpha value is -2.18. The van der Waals surface area contributed by atoms with Gasteiger partial charge in [0.1, 0.15) is 17.4 Å². The van der Waals surface area contributed by atoms with Crippen LogP contribution in [0.15, 0.2) is 58.4 Å². The zero-order chi connectivity index (χ0) is 16.2. The largest absolute Gasteiger partial charge is 0.486 e. The maximum Gasteiger partial charge on any atom is 0.335 e. The highest BCUT2D eigenvalue weighted by Gasteiger charge is 2.06. The van der Waals surface area contributed by atoms with E-state index in [-0.39, 0.29) is 5.56 Å². The number of benzene rings is 2. The first kappa shape index (κ1) is 15.7. The second-order valence-corrected chi connectivity index (χ2v) is 6.61. The Labute approximate surface area is 145 Å². The van der Waals surface area contributed by atoms with Gasteiger partial charge in [0.05, 0.1) is 11.3 Å². The highest BCUT2D eigenvalue weighted by Crippen LogP contribution is 2.24. The monoisotopic (exact) mass is 389 g/mol. The third-order valence-corrected chi connectivity index (χ3v) is 4.51. The summed E-state index contributed by atoms with van der Waals surface area (Å²) in [7, 11) is 0. The number of aromatic carboxylic acids is 1. The summed E-state index contributed by atoms with van der Waals surface area (Å²) in [4.78, 5) is 15.4. The van der Waals surface area contributed by atoms with Crippen LogP contribution in [0.1, 0.15) is 15.4 Å². The molecular weight excluding hydrogens is 378 g/mol. The Bertz CT molecular complexity index is 813. The fourth-order valence-electron chi connectivity index (χ4n) is 1.97. The van der Waals surface area contributed by atoms with E-state index in [4.69, 9.17) is 9.84 Å². The van der Waals surface area contributed by atoms with Gasteiger partial charge in [0.2, 0.25) is 0 Å². The summed E-state index contributed by atoms with van der Waals surface area (Å²) in [6, 6.07) is 14.3.